The van der Waals surface area contributed by atoms with Crippen LogP contribution in [0.5, 0.6) is 0 Å². The molecule has 2 heterocycles. The first-order chi connectivity index (χ1) is 16.5. The summed E-state index contributed by atoms with van der Waals surface area (Å²) in [6.07, 6.45) is 0.724. The highest BCUT2D eigenvalue weighted by Crippen LogP contribution is 2.24. The van der Waals surface area contributed by atoms with E-state index in [0.29, 0.717) is 22.6 Å². The third-order valence-electron chi connectivity index (χ3n) is 5.73. The molecule has 3 aromatic carbocycles. The first-order valence-electron chi connectivity index (χ1n) is 11.2. The molecule has 170 valence electrons. The average Bonchev–Trinajstić information content (AvgIpc) is 3.33. The van der Waals surface area contributed by atoms with Gasteiger partial charge in [-0.25, -0.2) is 9.99 Å². The fraction of sp³-hybridized carbons (Fsp3) is 0.185. The van der Waals surface area contributed by atoms with E-state index in [9.17, 15) is 9.59 Å². The Hall–Kier alpha value is -3.71. The highest BCUT2D eigenvalue weighted by molar-refractivity contribution is 7.99. The predicted octanol–water partition coefficient (Wildman–Crippen LogP) is 4.73. The molecule has 0 aliphatic carbocycles. The number of hydrazone groups is 1. The lowest BCUT2D eigenvalue weighted by atomic mass is 10.1. The number of fused-ring (bicyclic) bond motifs is 1. The van der Waals surface area contributed by atoms with Gasteiger partial charge in [-0.3, -0.25) is 14.2 Å². The maximum absolute atomic E-state index is 13.5. The van der Waals surface area contributed by atoms with Gasteiger partial charge in [-0.1, -0.05) is 60.3 Å². The molecule has 0 spiro atoms. The number of carbonyl (C=O) groups excluding carboxylic acids is 1. The van der Waals surface area contributed by atoms with E-state index in [2.05, 4.69) is 11.2 Å². The summed E-state index contributed by atoms with van der Waals surface area (Å²) in [7, 11) is 0. The summed E-state index contributed by atoms with van der Waals surface area (Å²) in [5.41, 5.74) is 5.29. The van der Waals surface area contributed by atoms with Crippen molar-refractivity contribution >= 4 is 34.3 Å². The lowest BCUT2D eigenvalue weighted by Crippen LogP contribution is -2.26. The van der Waals surface area contributed by atoms with Gasteiger partial charge in [0.05, 0.1) is 34.6 Å². The summed E-state index contributed by atoms with van der Waals surface area (Å²) in [6, 6.07) is 23.2. The van der Waals surface area contributed by atoms with E-state index in [1.165, 1.54) is 16.8 Å². The van der Waals surface area contributed by atoms with Gasteiger partial charge < -0.3 is 0 Å². The van der Waals surface area contributed by atoms with Crippen molar-refractivity contribution in [2.75, 3.05) is 12.3 Å². The smallest absolute Gasteiger partial charge is 0.266 e. The first-order valence-corrected chi connectivity index (χ1v) is 12.1. The zero-order chi connectivity index (χ0) is 23.7. The van der Waals surface area contributed by atoms with Crippen molar-refractivity contribution in [3.8, 4) is 5.69 Å². The maximum atomic E-state index is 13.5. The normalized spacial score (nSPS) is 13.4. The van der Waals surface area contributed by atoms with Gasteiger partial charge in [0, 0.05) is 6.42 Å². The number of amides is 1. The second-order valence-electron chi connectivity index (χ2n) is 8.37. The van der Waals surface area contributed by atoms with Crippen LogP contribution >= 0.6 is 11.8 Å². The van der Waals surface area contributed by atoms with E-state index < -0.39 is 0 Å². The van der Waals surface area contributed by atoms with Crippen LogP contribution in [0, 0.1) is 13.8 Å². The molecule has 0 saturated heterocycles. The van der Waals surface area contributed by atoms with Gasteiger partial charge in [0.2, 0.25) is 0 Å². The number of aryl methyl sites for hydroxylation is 2. The monoisotopic (exact) mass is 468 g/mol. The molecule has 34 heavy (non-hydrogen) atoms. The number of rotatable bonds is 5. The summed E-state index contributed by atoms with van der Waals surface area (Å²) in [4.78, 5) is 31.2. The molecule has 4 aromatic rings. The van der Waals surface area contributed by atoms with Gasteiger partial charge in [-0.05, 0) is 54.8 Å². The minimum atomic E-state index is -0.142. The van der Waals surface area contributed by atoms with Gasteiger partial charge in [0.15, 0.2) is 5.16 Å². The van der Waals surface area contributed by atoms with Gasteiger partial charge in [-0.2, -0.15) is 5.10 Å². The fourth-order valence-electron chi connectivity index (χ4n) is 4.19. The first kappa shape index (κ1) is 22.1. The summed E-state index contributed by atoms with van der Waals surface area (Å²) in [6.45, 7) is 4.56. The number of aromatic nitrogens is 2. The topological polar surface area (TPSA) is 67.6 Å². The van der Waals surface area contributed by atoms with Crippen LogP contribution in [-0.4, -0.2) is 38.5 Å². The van der Waals surface area contributed by atoms with Crippen LogP contribution in [0.25, 0.3) is 16.6 Å². The highest BCUT2D eigenvalue weighted by atomic mass is 32.2. The van der Waals surface area contributed by atoms with E-state index >= 15 is 0 Å². The van der Waals surface area contributed by atoms with Crippen LogP contribution in [-0.2, 0) is 4.79 Å². The van der Waals surface area contributed by atoms with Crippen molar-refractivity contribution in [3.05, 3.63) is 99.8 Å². The van der Waals surface area contributed by atoms with Crippen LogP contribution in [0.4, 0.5) is 0 Å². The van der Waals surface area contributed by atoms with E-state index in [1.807, 2.05) is 74.5 Å². The summed E-state index contributed by atoms with van der Waals surface area (Å²) in [5, 5.41) is 7.11. The molecule has 1 amide bonds. The molecule has 0 bridgehead atoms. The van der Waals surface area contributed by atoms with Gasteiger partial charge in [0.25, 0.3) is 11.5 Å². The SMILES string of the molecule is Cc1cc(C)cc(-n2c(SCC(=O)N3CCC(c4ccccc4)=N3)nc3ccccc3c2=O)c1. The summed E-state index contributed by atoms with van der Waals surface area (Å²) >= 11 is 1.27. The number of carbonyl (C=O) groups is 1. The van der Waals surface area contributed by atoms with Crippen molar-refractivity contribution in [3.63, 3.8) is 0 Å². The van der Waals surface area contributed by atoms with E-state index in [-0.39, 0.29) is 17.2 Å². The second kappa shape index (κ2) is 9.27. The molecular formula is C27H24N4O2S. The molecular weight excluding hydrogens is 444 g/mol. The van der Waals surface area contributed by atoms with E-state index in [4.69, 9.17) is 4.98 Å². The number of para-hydroxylation sites is 1. The molecule has 5 rings (SSSR count). The lowest BCUT2D eigenvalue weighted by molar-refractivity contribution is -0.127. The molecule has 0 atom stereocenters. The van der Waals surface area contributed by atoms with Gasteiger partial charge in [-0.15, -0.1) is 0 Å². The quantitative estimate of drug-likeness (QED) is 0.314. The Bertz CT molecular complexity index is 1460. The largest absolute Gasteiger partial charge is 0.272 e. The van der Waals surface area contributed by atoms with Gasteiger partial charge in [0.1, 0.15) is 0 Å². The van der Waals surface area contributed by atoms with Crippen LogP contribution in [0.3, 0.4) is 0 Å². The van der Waals surface area contributed by atoms with Crippen LogP contribution in [0.15, 0.2) is 87.8 Å². The molecule has 0 saturated carbocycles. The molecule has 1 aromatic heterocycles. The zero-order valence-corrected chi connectivity index (χ0v) is 19.9. The molecule has 6 nitrogen and oxygen atoms in total. The van der Waals surface area contributed by atoms with Crippen molar-refractivity contribution in [2.24, 2.45) is 5.10 Å². The molecule has 1 aliphatic rings. The molecule has 0 unspecified atom stereocenters. The Morgan fingerprint density at radius 2 is 1.68 bits per heavy atom. The average molecular weight is 469 g/mol. The van der Waals surface area contributed by atoms with Crippen molar-refractivity contribution in [1.82, 2.24) is 14.6 Å². The standard InChI is InChI=1S/C27H24N4O2S/c1-18-14-19(2)16-21(15-18)31-26(33)22-10-6-7-11-24(22)28-27(31)34-17-25(32)30-13-12-23(29-30)20-8-4-3-5-9-20/h3-11,14-16H,12-13,17H2,1-2H3. The lowest BCUT2D eigenvalue weighted by Gasteiger charge is -2.15. The Morgan fingerprint density at radius 3 is 2.44 bits per heavy atom. The minimum Gasteiger partial charge on any atom is -0.272 e. The van der Waals surface area contributed by atoms with Crippen LogP contribution in [0.1, 0.15) is 23.1 Å². The van der Waals surface area contributed by atoms with Crippen molar-refractivity contribution in [2.45, 2.75) is 25.4 Å². The Labute approximate surface area is 201 Å². The molecule has 1 aliphatic heterocycles. The number of nitrogens with zero attached hydrogens (tertiary/aromatic N) is 4. The molecule has 7 heteroatoms. The number of thioether (sulfide) groups is 1. The van der Waals surface area contributed by atoms with E-state index in [1.54, 1.807) is 10.6 Å². The Morgan fingerprint density at radius 1 is 0.971 bits per heavy atom. The zero-order valence-electron chi connectivity index (χ0n) is 19.1. The summed E-state index contributed by atoms with van der Waals surface area (Å²) in [5.74, 6) is 0.0338. The third-order valence-corrected chi connectivity index (χ3v) is 6.65. The van der Waals surface area contributed by atoms with Crippen molar-refractivity contribution < 1.29 is 4.79 Å². The molecule has 0 N–H and O–H groups in total. The van der Waals surface area contributed by atoms with Gasteiger partial charge >= 0.3 is 0 Å². The third kappa shape index (κ3) is 4.39. The number of hydrogen-bond acceptors (Lipinski definition) is 5. The Balaban J connectivity index is 1.46. The second-order valence-corrected chi connectivity index (χ2v) is 9.31. The molecule has 0 radical (unpaired) electrons. The Kier molecular flexibility index (Phi) is 6.02. The highest BCUT2D eigenvalue weighted by Gasteiger charge is 2.23. The van der Waals surface area contributed by atoms with Crippen LogP contribution < -0.4 is 5.56 Å². The molecule has 0 fully saturated rings. The predicted molar refractivity (Wildman–Crippen MR) is 137 cm³/mol. The fourth-order valence-corrected chi connectivity index (χ4v) is 5.07. The van der Waals surface area contributed by atoms with E-state index in [0.717, 1.165) is 34.5 Å². The number of hydrogen-bond donors (Lipinski definition) is 0. The van der Waals surface area contributed by atoms with Crippen LogP contribution in [0.2, 0.25) is 0 Å². The van der Waals surface area contributed by atoms with Crippen molar-refractivity contribution in [1.29, 1.82) is 0 Å². The number of benzene rings is 3. The maximum Gasteiger partial charge on any atom is 0.266 e. The minimum absolute atomic E-state index is 0.106. The summed E-state index contributed by atoms with van der Waals surface area (Å²) < 4.78 is 1.61.